The van der Waals surface area contributed by atoms with Crippen molar-refractivity contribution in [2.75, 3.05) is 13.1 Å². The predicted octanol–water partition coefficient (Wildman–Crippen LogP) is 2.45. The van der Waals surface area contributed by atoms with Gasteiger partial charge in [0.1, 0.15) is 5.82 Å². The second-order valence-electron chi connectivity index (χ2n) is 4.79. The molecule has 2 aromatic rings. The molecule has 1 saturated heterocycles. The molecular weight excluding hydrogens is 234 g/mol. The largest absolute Gasteiger partial charge is 0.316 e. The van der Waals surface area contributed by atoms with Crippen molar-refractivity contribution < 1.29 is 0 Å². The fourth-order valence-electron chi connectivity index (χ4n) is 2.61. The average Bonchev–Trinajstić information content (AvgIpc) is 2.90. The maximum Gasteiger partial charge on any atom is 0.155 e. The monoisotopic (exact) mass is 249 g/mol. The third-order valence-electron chi connectivity index (χ3n) is 3.53. The van der Waals surface area contributed by atoms with Crippen molar-refractivity contribution in [3.63, 3.8) is 0 Å². The molecule has 3 heterocycles. The third-order valence-corrected chi connectivity index (χ3v) is 3.79. The van der Waals surface area contributed by atoms with Gasteiger partial charge in [0, 0.05) is 12.6 Å². The summed E-state index contributed by atoms with van der Waals surface area (Å²) in [5.41, 5.74) is 2.23. The molecular formula is C13H16ClN3. The molecule has 0 aliphatic carbocycles. The van der Waals surface area contributed by atoms with Gasteiger partial charge in [0.2, 0.25) is 0 Å². The van der Waals surface area contributed by atoms with Crippen molar-refractivity contribution in [1.82, 2.24) is 14.7 Å². The van der Waals surface area contributed by atoms with E-state index in [1.54, 1.807) is 0 Å². The lowest BCUT2D eigenvalue weighted by molar-refractivity contribution is 0.560. The first-order chi connectivity index (χ1) is 8.25. The van der Waals surface area contributed by atoms with Crippen molar-refractivity contribution in [2.45, 2.75) is 19.8 Å². The molecule has 90 valence electrons. The number of rotatable bonds is 2. The third kappa shape index (κ3) is 1.94. The van der Waals surface area contributed by atoms with Crippen LogP contribution in [0.5, 0.6) is 0 Å². The van der Waals surface area contributed by atoms with Gasteiger partial charge < -0.3 is 9.72 Å². The predicted molar refractivity (Wildman–Crippen MR) is 69.6 cm³/mol. The van der Waals surface area contributed by atoms with Gasteiger partial charge in [-0.2, -0.15) is 0 Å². The molecule has 3 nitrogen and oxygen atoms in total. The summed E-state index contributed by atoms with van der Waals surface area (Å²) in [6.07, 6.45) is 4.29. The minimum atomic E-state index is 0.629. The molecule has 1 unspecified atom stereocenters. The highest BCUT2D eigenvalue weighted by molar-refractivity contribution is 6.32. The molecule has 1 atom stereocenters. The topological polar surface area (TPSA) is 29.3 Å². The number of aryl methyl sites for hydroxylation is 1. The lowest BCUT2D eigenvalue weighted by Crippen LogP contribution is -2.12. The van der Waals surface area contributed by atoms with Crippen LogP contribution in [0.25, 0.3) is 5.52 Å². The van der Waals surface area contributed by atoms with E-state index in [1.165, 1.54) is 12.0 Å². The van der Waals surface area contributed by atoms with Crippen LogP contribution in [0, 0.1) is 12.8 Å². The van der Waals surface area contributed by atoms with E-state index in [9.17, 15) is 0 Å². The SMILES string of the molecule is Cc1cccn2c(CC3CCNC3)nc(Cl)c12. The molecule has 0 saturated carbocycles. The Bertz CT molecular complexity index is 541. The molecule has 1 fully saturated rings. The van der Waals surface area contributed by atoms with Gasteiger partial charge in [-0.1, -0.05) is 17.7 Å². The lowest BCUT2D eigenvalue weighted by atomic mass is 10.0. The van der Waals surface area contributed by atoms with Crippen LogP contribution in [0.15, 0.2) is 18.3 Å². The van der Waals surface area contributed by atoms with E-state index in [0.29, 0.717) is 11.1 Å². The first-order valence-electron chi connectivity index (χ1n) is 6.08. The maximum absolute atomic E-state index is 6.22. The minimum absolute atomic E-state index is 0.629. The number of pyridine rings is 1. The summed E-state index contributed by atoms with van der Waals surface area (Å²) < 4.78 is 2.13. The molecule has 2 aromatic heterocycles. The second-order valence-corrected chi connectivity index (χ2v) is 5.15. The summed E-state index contributed by atoms with van der Waals surface area (Å²) in [7, 11) is 0. The number of hydrogen-bond acceptors (Lipinski definition) is 2. The van der Waals surface area contributed by atoms with Crippen LogP contribution in [0.4, 0.5) is 0 Å². The molecule has 0 spiro atoms. The van der Waals surface area contributed by atoms with E-state index in [1.807, 2.05) is 0 Å². The molecule has 1 N–H and O–H groups in total. The van der Waals surface area contributed by atoms with Gasteiger partial charge in [0.25, 0.3) is 0 Å². The average molecular weight is 250 g/mol. The summed E-state index contributed by atoms with van der Waals surface area (Å²) in [5.74, 6) is 1.78. The van der Waals surface area contributed by atoms with Gasteiger partial charge in [-0.05, 0) is 44.0 Å². The standard InChI is InChI=1S/C13H16ClN3/c1-9-3-2-6-17-11(16-13(14)12(9)17)7-10-4-5-15-8-10/h2-3,6,10,15H,4-5,7-8H2,1H3. The highest BCUT2D eigenvalue weighted by atomic mass is 35.5. The zero-order chi connectivity index (χ0) is 11.8. The molecule has 1 aliphatic rings. The van der Waals surface area contributed by atoms with E-state index in [0.717, 1.165) is 30.9 Å². The first-order valence-corrected chi connectivity index (χ1v) is 6.46. The molecule has 1 aliphatic heterocycles. The lowest BCUT2D eigenvalue weighted by Gasteiger charge is -2.07. The van der Waals surface area contributed by atoms with Gasteiger partial charge in [-0.3, -0.25) is 0 Å². The summed E-state index contributed by atoms with van der Waals surface area (Å²) >= 11 is 6.22. The van der Waals surface area contributed by atoms with Crippen LogP contribution >= 0.6 is 11.6 Å². The van der Waals surface area contributed by atoms with Crippen molar-refractivity contribution in [1.29, 1.82) is 0 Å². The molecule has 0 amide bonds. The molecule has 0 bridgehead atoms. The van der Waals surface area contributed by atoms with Gasteiger partial charge in [-0.15, -0.1) is 0 Å². The van der Waals surface area contributed by atoms with Crippen molar-refractivity contribution in [3.05, 3.63) is 34.9 Å². The normalized spacial score (nSPS) is 20.2. The Morgan fingerprint density at radius 2 is 2.47 bits per heavy atom. The molecule has 3 rings (SSSR count). The maximum atomic E-state index is 6.22. The van der Waals surface area contributed by atoms with Crippen LogP contribution < -0.4 is 5.32 Å². The van der Waals surface area contributed by atoms with E-state index < -0.39 is 0 Å². The fourth-order valence-corrected chi connectivity index (χ4v) is 2.94. The highest BCUT2D eigenvalue weighted by Gasteiger charge is 2.19. The van der Waals surface area contributed by atoms with E-state index in [-0.39, 0.29) is 0 Å². The van der Waals surface area contributed by atoms with E-state index in [4.69, 9.17) is 11.6 Å². The first kappa shape index (κ1) is 11.1. The second kappa shape index (κ2) is 4.31. The van der Waals surface area contributed by atoms with Crippen LogP contribution in [0.1, 0.15) is 17.8 Å². The van der Waals surface area contributed by atoms with E-state index >= 15 is 0 Å². The number of imidazole rings is 1. The Kier molecular flexibility index (Phi) is 2.81. The molecule has 4 heteroatoms. The van der Waals surface area contributed by atoms with Crippen molar-refractivity contribution in [2.24, 2.45) is 5.92 Å². The van der Waals surface area contributed by atoms with Gasteiger partial charge >= 0.3 is 0 Å². The number of halogens is 1. The van der Waals surface area contributed by atoms with E-state index in [2.05, 4.69) is 40.0 Å². The quantitative estimate of drug-likeness (QED) is 0.886. The van der Waals surface area contributed by atoms with Gasteiger partial charge in [0.15, 0.2) is 5.15 Å². The smallest absolute Gasteiger partial charge is 0.155 e. The summed E-state index contributed by atoms with van der Waals surface area (Å²) in [6, 6.07) is 4.13. The Labute approximate surface area is 106 Å². The van der Waals surface area contributed by atoms with Crippen molar-refractivity contribution in [3.8, 4) is 0 Å². The van der Waals surface area contributed by atoms with Gasteiger partial charge in [0.05, 0.1) is 5.52 Å². The van der Waals surface area contributed by atoms with Crippen LogP contribution in [-0.2, 0) is 6.42 Å². The number of nitrogens with one attached hydrogen (secondary N) is 1. The Hall–Kier alpha value is -1.06. The van der Waals surface area contributed by atoms with Crippen LogP contribution in [-0.4, -0.2) is 22.5 Å². The number of fused-ring (bicyclic) bond motifs is 1. The number of hydrogen-bond donors (Lipinski definition) is 1. The Balaban J connectivity index is 2.01. The summed E-state index contributed by atoms with van der Waals surface area (Å²) in [6.45, 7) is 4.29. The summed E-state index contributed by atoms with van der Waals surface area (Å²) in [4.78, 5) is 4.51. The van der Waals surface area contributed by atoms with Crippen LogP contribution in [0.3, 0.4) is 0 Å². The summed E-state index contributed by atoms with van der Waals surface area (Å²) in [5, 5.41) is 4.02. The number of nitrogens with zero attached hydrogens (tertiary/aromatic N) is 2. The van der Waals surface area contributed by atoms with Crippen LogP contribution in [0.2, 0.25) is 5.15 Å². The molecule has 0 radical (unpaired) electrons. The fraction of sp³-hybridized carbons (Fsp3) is 0.462. The Morgan fingerprint density at radius 3 is 3.24 bits per heavy atom. The Morgan fingerprint density at radius 1 is 1.59 bits per heavy atom. The zero-order valence-electron chi connectivity index (χ0n) is 9.91. The number of aromatic nitrogens is 2. The van der Waals surface area contributed by atoms with Gasteiger partial charge in [-0.25, -0.2) is 4.98 Å². The zero-order valence-corrected chi connectivity index (χ0v) is 10.7. The molecule has 17 heavy (non-hydrogen) atoms. The minimum Gasteiger partial charge on any atom is -0.316 e. The molecule has 0 aromatic carbocycles. The van der Waals surface area contributed by atoms with Crippen molar-refractivity contribution >= 4 is 17.1 Å². The highest BCUT2D eigenvalue weighted by Crippen LogP contribution is 2.24.